The van der Waals surface area contributed by atoms with Crippen molar-refractivity contribution in [1.29, 1.82) is 0 Å². The van der Waals surface area contributed by atoms with Gasteiger partial charge in [-0.3, -0.25) is 0 Å². The van der Waals surface area contributed by atoms with Crippen molar-refractivity contribution in [1.82, 2.24) is 0 Å². The maximum atomic E-state index is 15.2. The zero-order chi connectivity index (χ0) is 53.0. The molecule has 0 bridgehead atoms. The van der Waals surface area contributed by atoms with Crippen LogP contribution < -0.4 is 15.5 Å². The summed E-state index contributed by atoms with van der Waals surface area (Å²) in [5.74, 6) is -0.251. The first kappa shape index (κ1) is 46.3. The second kappa shape index (κ2) is 18.4. The van der Waals surface area contributed by atoms with Gasteiger partial charge >= 0.3 is 0 Å². The molecule has 0 spiro atoms. The zero-order valence-electron chi connectivity index (χ0n) is 43.1. The highest BCUT2D eigenvalue weighted by atomic mass is 32.1. The molecule has 80 heavy (non-hydrogen) atoms. The second-order valence-electron chi connectivity index (χ2n) is 20.7. The summed E-state index contributed by atoms with van der Waals surface area (Å²) in [7, 11) is 0. The van der Waals surface area contributed by atoms with E-state index in [-0.39, 0.29) is 5.82 Å². The SMILES string of the molecule is Nc1cccc(-c2sc(-c3cccc(F)c3)c3c2-c2ccc4c5c(ccc-3c25)-c2c(-c3ccc(N(c5ccccc5)c5cccc6ccccc56)cc3)sc(-c3ccc(N(c5ccccc5)c5cccc6ccccc56)cc3)c2-4)c1. The molecule has 12 aromatic carbocycles. The highest BCUT2D eigenvalue weighted by Gasteiger charge is 2.37. The number of hydrogen-bond donors (Lipinski definition) is 1. The minimum absolute atomic E-state index is 0.251. The van der Waals surface area contributed by atoms with Gasteiger partial charge in [0, 0.05) is 81.0 Å². The lowest BCUT2D eigenvalue weighted by atomic mass is 9.96. The van der Waals surface area contributed by atoms with Gasteiger partial charge in [-0.25, -0.2) is 4.39 Å². The molecule has 3 nitrogen and oxygen atoms in total. The first-order valence-electron chi connectivity index (χ1n) is 27.0. The van der Waals surface area contributed by atoms with Crippen LogP contribution in [0.15, 0.2) is 267 Å². The van der Waals surface area contributed by atoms with Crippen LogP contribution in [0.25, 0.3) is 119 Å². The lowest BCUT2D eigenvalue weighted by molar-refractivity contribution is 0.628. The van der Waals surface area contributed by atoms with E-state index < -0.39 is 0 Å². The number of nitrogen functional groups attached to an aromatic ring is 1. The molecule has 2 N–H and O–H groups in total. The van der Waals surface area contributed by atoms with E-state index in [0.29, 0.717) is 5.69 Å². The van der Waals surface area contributed by atoms with Gasteiger partial charge < -0.3 is 15.5 Å². The lowest BCUT2D eigenvalue weighted by Crippen LogP contribution is -2.10. The number of anilines is 7. The van der Waals surface area contributed by atoms with Crippen LogP contribution in [-0.2, 0) is 0 Å². The van der Waals surface area contributed by atoms with Gasteiger partial charge in [0.15, 0.2) is 0 Å². The fourth-order valence-electron chi connectivity index (χ4n) is 12.7. The maximum absolute atomic E-state index is 15.2. The molecule has 2 aromatic heterocycles. The van der Waals surface area contributed by atoms with Crippen molar-refractivity contribution in [3.8, 4) is 86.3 Å². The molecule has 0 amide bonds. The molecule has 2 aliphatic carbocycles. The van der Waals surface area contributed by atoms with Crippen molar-refractivity contribution in [2.75, 3.05) is 15.5 Å². The standard InChI is InChI=1S/C74H46FN3S2/c75-51-21-11-19-49(43-51)73-69-61-41-39-59-65-60(40-42-62(66(61)65)70(69)74(80-73)50-20-12-22-52(76)44-50)68-67(59)71(47-31-35-55(36-32-47)77(53-23-3-1-4-24-53)63-29-13-17-45-15-7-9-27-57(45)63)79-72(68)48-33-37-56(38-34-48)78(54-25-5-2-6-26-54)64-30-14-18-46-16-8-10-28-58(46)64/h1-44H,76H2. The van der Waals surface area contributed by atoms with Crippen LogP contribution in [0.4, 0.5) is 44.2 Å². The van der Waals surface area contributed by atoms with Gasteiger partial charge in [0.1, 0.15) is 5.82 Å². The van der Waals surface area contributed by atoms with E-state index in [0.717, 1.165) is 71.7 Å². The molecule has 2 aliphatic rings. The number of hydrogen-bond acceptors (Lipinski definition) is 5. The lowest BCUT2D eigenvalue weighted by Gasteiger charge is -2.27. The quantitative estimate of drug-likeness (QED) is 0.139. The van der Waals surface area contributed by atoms with Crippen LogP contribution in [0.1, 0.15) is 0 Å². The van der Waals surface area contributed by atoms with Crippen molar-refractivity contribution < 1.29 is 4.39 Å². The van der Waals surface area contributed by atoms with Gasteiger partial charge in [0.25, 0.3) is 0 Å². The van der Waals surface area contributed by atoms with Crippen molar-refractivity contribution in [3.63, 3.8) is 0 Å². The number of para-hydroxylation sites is 2. The third kappa shape index (κ3) is 7.23. The highest BCUT2D eigenvalue weighted by Crippen LogP contribution is 2.66. The largest absolute Gasteiger partial charge is 0.399 e. The van der Waals surface area contributed by atoms with E-state index in [1.54, 1.807) is 17.4 Å². The van der Waals surface area contributed by atoms with Crippen LogP contribution in [0.5, 0.6) is 0 Å². The normalized spacial score (nSPS) is 11.9. The monoisotopic (exact) mass is 1060 g/mol. The van der Waals surface area contributed by atoms with E-state index in [2.05, 4.69) is 240 Å². The maximum Gasteiger partial charge on any atom is 0.123 e. The number of halogens is 1. The van der Waals surface area contributed by atoms with Crippen molar-refractivity contribution in [2.45, 2.75) is 0 Å². The summed E-state index contributed by atoms with van der Waals surface area (Å²) < 4.78 is 15.2. The van der Waals surface area contributed by atoms with Gasteiger partial charge in [-0.15, -0.1) is 22.7 Å². The molecule has 0 unspecified atom stereocenters. The average molecular weight is 1060 g/mol. The Kier molecular flexibility index (Phi) is 10.6. The molecule has 0 atom stereocenters. The predicted octanol–water partition coefficient (Wildman–Crippen LogP) is 21.9. The van der Waals surface area contributed by atoms with Crippen LogP contribution in [0.2, 0.25) is 0 Å². The van der Waals surface area contributed by atoms with Crippen LogP contribution in [-0.4, -0.2) is 0 Å². The number of benzene rings is 12. The minimum atomic E-state index is -0.251. The number of nitrogens with two attached hydrogens (primary N) is 1. The van der Waals surface area contributed by atoms with Crippen molar-refractivity contribution in [3.05, 3.63) is 273 Å². The Bertz CT molecular complexity index is 4480. The molecule has 0 saturated carbocycles. The summed E-state index contributed by atoms with van der Waals surface area (Å²) in [6, 6.07) is 94.7. The molecule has 14 aromatic rings. The zero-order valence-corrected chi connectivity index (χ0v) is 44.7. The summed E-state index contributed by atoms with van der Waals surface area (Å²) in [5.41, 5.74) is 27.7. The summed E-state index contributed by atoms with van der Waals surface area (Å²) in [6.07, 6.45) is 0. The third-order valence-electron chi connectivity index (χ3n) is 16.1. The highest BCUT2D eigenvalue weighted by molar-refractivity contribution is 7.21. The Morgan fingerprint density at radius 2 is 0.662 bits per heavy atom. The molecule has 6 heteroatoms. The smallest absolute Gasteiger partial charge is 0.123 e. The molecule has 376 valence electrons. The molecule has 0 aliphatic heterocycles. The van der Waals surface area contributed by atoms with Gasteiger partial charge in [-0.2, -0.15) is 0 Å². The summed E-state index contributed by atoms with van der Waals surface area (Å²) in [5, 5.41) is 7.28. The summed E-state index contributed by atoms with van der Waals surface area (Å²) in [4.78, 5) is 9.39. The Morgan fingerprint density at radius 1 is 0.300 bits per heavy atom. The van der Waals surface area contributed by atoms with Gasteiger partial charge in [0.05, 0.1) is 11.4 Å². The Hall–Kier alpha value is -9.85. The number of nitrogens with zero attached hydrogens (tertiary/aromatic N) is 2. The molecule has 0 saturated heterocycles. The van der Waals surface area contributed by atoms with Crippen LogP contribution >= 0.6 is 22.7 Å². The molecule has 0 radical (unpaired) electrons. The van der Waals surface area contributed by atoms with E-state index in [4.69, 9.17) is 5.73 Å². The molecule has 2 heterocycles. The van der Waals surface area contributed by atoms with E-state index in [1.165, 1.54) is 87.1 Å². The van der Waals surface area contributed by atoms with E-state index in [9.17, 15) is 0 Å². The fourth-order valence-corrected chi connectivity index (χ4v) is 15.3. The van der Waals surface area contributed by atoms with Gasteiger partial charge in [-0.1, -0.05) is 182 Å². The predicted molar refractivity (Wildman–Crippen MR) is 339 cm³/mol. The van der Waals surface area contributed by atoms with Crippen LogP contribution in [0.3, 0.4) is 0 Å². The Morgan fingerprint density at radius 3 is 1.10 bits per heavy atom. The molecule has 0 fully saturated rings. The number of thiophene rings is 2. The van der Waals surface area contributed by atoms with Gasteiger partial charge in [-0.05, 0) is 151 Å². The van der Waals surface area contributed by atoms with Crippen molar-refractivity contribution >= 4 is 94.8 Å². The summed E-state index contributed by atoms with van der Waals surface area (Å²) >= 11 is 3.60. The van der Waals surface area contributed by atoms with Crippen molar-refractivity contribution in [2.24, 2.45) is 0 Å². The fraction of sp³-hybridized carbons (Fsp3) is 0. The first-order valence-corrected chi connectivity index (χ1v) is 28.6. The van der Waals surface area contributed by atoms with E-state index in [1.807, 2.05) is 35.6 Å². The molecular weight excluding hydrogens is 1010 g/mol. The topological polar surface area (TPSA) is 32.5 Å². The second-order valence-corrected chi connectivity index (χ2v) is 22.7. The third-order valence-corrected chi connectivity index (χ3v) is 18.7. The number of rotatable bonds is 10. The first-order chi connectivity index (χ1) is 39.5. The molecular formula is C74H46FN3S2. The summed E-state index contributed by atoms with van der Waals surface area (Å²) in [6.45, 7) is 0. The van der Waals surface area contributed by atoms with E-state index >= 15 is 4.39 Å². The van der Waals surface area contributed by atoms with Gasteiger partial charge in [0.2, 0.25) is 0 Å². The minimum Gasteiger partial charge on any atom is -0.399 e. The van der Waals surface area contributed by atoms with Crippen LogP contribution in [0, 0.1) is 5.82 Å². The number of fused-ring (bicyclic) bond motifs is 8. The Labute approximate surface area is 470 Å². The average Bonchev–Trinajstić information content (AvgIpc) is 4.02. The Balaban J connectivity index is 0.893. The molecule has 16 rings (SSSR count).